The molecule has 0 aliphatic rings. The van der Waals surface area contributed by atoms with Gasteiger partial charge in [-0.05, 0) is 26.0 Å². The molecular formula is C10H13N3O2. The fraction of sp³-hybridized carbons (Fsp3) is 0.300. The van der Waals surface area contributed by atoms with Crippen LogP contribution in [0.1, 0.15) is 19.4 Å². The zero-order valence-electron chi connectivity index (χ0n) is 8.73. The van der Waals surface area contributed by atoms with Gasteiger partial charge in [-0.15, -0.1) is 0 Å². The molecule has 1 N–H and O–H groups in total. The number of hydrogen-bond donors (Lipinski definition) is 1. The smallest absolute Gasteiger partial charge is 0.427 e. The summed E-state index contributed by atoms with van der Waals surface area (Å²) in [4.78, 5) is 14.8. The molecule has 0 unspecified atom stereocenters. The van der Waals surface area contributed by atoms with Crippen LogP contribution in [-0.4, -0.2) is 23.4 Å². The summed E-state index contributed by atoms with van der Waals surface area (Å²) < 4.78 is 4.66. The first-order valence-corrected chi connectivity index (χ1v) is 4.61. The van der Waals surface area contributed by atoms with Crippen LogP contribution in [0.3, 0.4) is 0 Å². The first-order chi connectivity index (χ1) is 7.24. The van der Waals surface area contributed by atoms with Crippen molar-refractivity contribution in [3.8, 4) is 0 Å². The van der Waals surface area contributed by atoms with E-state index in [2.05, 4.69) is 20.2 Å². The fourth-order valence-corrected chi connectivity index (χ4v) is 0.951. The van der Waals surface area contributed by atoms with E-state index in [1.54, 1.807) is 26.2 Å². The van der Waals surface area contributed by atoms with Gasteiger partial charge in [0.15, 0.2) is 0 Å². The topological polar surface area (TPSA) is 63.6 Å². The van der Waals surface area contributed by atoms with Crippen LogP contribution < -0.4 is 5.43 Å². The Morgan fingerprint density at radius 2 is 2.20 bits per heavy atom. The number of amides is 1. The largest absolute Gasteiger partial charge is 0.449 e. The lowest BCUT2D eigenvalue weighted by Crippen LogP contribution is -2.20. The summed E-state index contributed by atoms with van der Waals surface area (Å²) in [5.74, 6) is 0. The highest BCUT2D eigenvalue weighted by atomic mass is 16.5. The molecule has 15 heavy (non-hydrogen) atoms. The fourth-order valence-electron chi connectivity index (χ4n) is 0.951. The van der Waals surface area contributed by atoms with Gasteiger partial charge in [-0.25, -0.2) is 10.2 Å². The second kappa shape index (κ2) is 5.74. The molecule has 0 aromatic carbocycles. The van der Waals surface area contributed by atoms with Gasteiger partial charge in [0, 0.05) is 18.0 Å². The molecule has 0 aliphatic heterocycles. The van der Waals surface area contributed by atoms with Crippen LogP contribution in [0.25, 0.3) is 0 Å². The summed E-state index contributed by atoms with van der Waals surface area (Å²) >= 11 is 0. The number of carbonyl (C=O) groups excluding carboxylic acids is 1. The van der Waals surface area contributed by atoms with Crippen molar-refractivity contribution in [2.24, 2.45) is 5.10 Å². The molecule has 80 valence electrons. The number of carbonyl (C=O) groups is 1. The SMILES string of the molecule is CCOC(=O)NN=C(C)c1ccncc1. The van der Waals surface area contributed by atoms with Gasteiger partial charge in [-0.1, -0.05) is 0 Å². The first-order valence-electron chi connectivity index (χ1n) is 4.61. The Kier molecular flexibility index (Phi) is 4.28. The molecule has 0 fully saturated rings. The number of rotatable bonds is 3. The van der Waals surface area contributed by atoms with Crippen molar-refractivity contribution in [2.45, 2.75) is 13.8 Å². The van der Waals surface area contributed by atoms with E-state index < -0.39 is 6.09 Å². The van der Waals surface area contributed by atoms with Gasteiger partial charge in [-0.3, -0.25) is 4.98 Å². The average molecular weight is 207 g/mol. The number of hydrazone groups is 1. The van der Waals surface area contributed by atoms with Crippen molar-refractivity contribution in [3.05, 3.63) is 30.1 Å². The minimum absolute atomic E-state index is 0.329. The van der Waals surface area contributed by atoms with Gasteiger partial charge < -0.3 is 4.74 Å². The zero-order valence-corrected chi connectivity index (χ0v) is 8.73. The standard InChI is InChI=1S/C10H13N3O2/c1-3-15-10(14)13-12-8(2)9-4-6-11-7-5-9/h4-7H,3H2,1-2H3,(H,13,14). The molecule has 0 radical (unpaired) electrons. The highest BCUT2D eigenvalue weighted by molar-refractivity contribution is 5.98. The monoisotopic (exact) mass is 207 g/mol. The van der Waals surface area contributed by atoms with Crippen LogP contribution in [0.2, 0.25) is 0 Å². The maximum Gasteiger partial charge on any atom is 0.427 e. The van der Waals surface area contributed by atoms with Crippen molar-refractivity contribution in [1.82, 2.24) is 10.4 Å². The summed E-state index contributed by atoms with van der Waals surface area (Å²) in [5.41, 5.74) is 3.89. The number of aromatic nitrogens is 1. The third-order valence-electron chi connectivity index (χ3n) is 1.69. The van der Waals surface area contributed by atoms with Crippen LogP contribution in [-0.2, 0) is 4.74 Å². The molecule has 1 aromatic heterocycles. The predicted octanol–water partition coefficient (Wildman–Crippen LogP) is 1.55. The molecule has 5 heteroatoms. The maximum absolute atomic E-state index is 10.9. The molecule has 1 heterocycles. The molecule has 1 amide bonds. The van der Waals surface area contributed by atoms with Gasteiger partial charge in [0.2, 0.25) is 0 Å². The molecule has 0 saturated heterocycles. The summed E-state index contributed by atoms with van der Waals surface area (Å²) in [6.07, 6.45) is 2.78. The molecular weight excluding hydrogens is 194 g/mol. The van der Waals surface area contributed by atoms with E-state index in [-0.39, 0.29) is 0 Å². The number of hydrogen-bond acceptors (Lipinski definition) is 4. The Labute approximate surface area is 88.2 Å². The van der Waals surface area contributed by atoms with Crippen molar-refractivity contribution in [2.75, 3.05) is 6.61 Å². The van der Waals surface area contributed by atoms with Gasteiger partial charge in [-0.2, -0.15) is 5.10 Å². The third-order valence-corrected chi connectivity index (χ3v) is 1.69. The van der Waals surface area contributed by atoms with Crippen LogP contribution in [0.4, 0.5) is 4.79 Å². The minimum Gasteiger partial charge on any atom is -0.449 e. The van der Waals surface area contributed by atoms with Crippen LogP contribution in [0, 0.1) is 0 Å². The van der Waals surface area contributed by atoms with Crippen molar-refractivity contribution >= 4 is 11.8 Å². The molecule has 0 spiro atoms. The van der Waals surface area contributed by atoms with Crippen molar-refractivity contribution in [1.29, 1.82) is 0 Å². The highest BCUT2D eigenvalue weighted by Crippen LogP contribution is 1.97. The quantitative estimate of drug-likeness (QED) is 0.604. The Bertz CT molecular complexity index is 349. The lowest BCUT2D eigenvalue weighted by Gasteiger charge is -2.02. The van der Waals surface area contributed by atoms with E-state index >= 15 is 0 Å². The summed E-state index contributed by atoms with van der Waals surface area (Å²) in [6.45, 7) is 3.86. The molecule has 5 nitrogen and oxygen atoms in total. The Morgan fingerprint density at radius 3 is 2.80 bits per heavy atom. The molecule has 1 rings (SSSR count). The summed E-state index contributed by atoms with van der Waals surface area (Å²) in [7, 11) is 0. The van der Waals surface area contributed by atoms with Gasteiger partial charge in [0.1, 0.15) is 0 Å². The molecule has 0 saturated carbocycles. The van der Waals surface area contributed by atoms with Gasteiger partial charge >= 0.3 is 6.09 Å². The molecule has 1 aromatic rings. The normalized spacial score (nSPS) is 10.9. The van der Waals surface area contributed by atoms with E-state index in [0.717, 1.165) is 5.56 Å². The number of ether oxygens (including phenoxy) is 1. The number of nitrogens with zero attached hydrogens (tertiary/aromatic N) is 2. The minimum atomic E-state index is -0.550. The van der Waals surface area contributed by atoms with Crippen LogP contribution >= 0.6 is 0 Å². The Morgan fingerprint density at radius 1 is 1.53 bits per heavy atom. The highest BCUT2D eigenvalue weighted by Gasteiger charge is 1.99. The van der Waals surface area contributed by atoms with Crippen molar-refractivity contribution in [3.63, 3.8) is 0 Å². The van der Waals surface area contributed by atoms with E-state index in [0.29, 0.717) is 12.3 Å². The summed E-state index contributed by atoms with van der Waals surface area (Å²) in [6, 6.07) is 3.62. The number of nitrogens with one attached hydrogen (secondary N) is 1. The second-order valence-electron chi connectivity index (χ2n) is 2.77. The van der Waals surface area contributed by atoms with Crippen LogP contribution in [0.15, 0.2) is 29.6 Å². The van der Waals surface area contributed by atoms with E-state index in [1.807, 2.05) is 12.1 Å². The van der Waals surface area contributed by atoms with Crippen LogP contribution in [0.5, 0.6) is 0 Å². The average Bonchev–Trinajstić information content (AvgIpc) is 2.27. The maximum atomic E-state index is 10.9. The van der Waals surface area contributed by atoms with Gasteiger partial charge in [0.25, 0.3) is 0 Å². The lowest BCUT2D eigenvalue weighted by atomic mass is 10.2. The van der Waals surface area contributed by atoms with E-state index in [9.17, 15) is 4.79 Å². The van der Waals surface area contributed by atoms with E-state index in [4.69, 9.17) is 0 Å². The number of pyridine rings is 1. The third kappa shape index (κ3) is 3.76. The molecule has 0 atom stereocenters. The predicted molar refractivity (Wildman–Crippen MR) is 56.6 cm³/mol. The Balaban J connectivity index is 2.57. The first kappa shape index (κ1) is 11.2. The molecule has 0 bridgehead atoms. The van der Waals surface area contributed by atoms with Gasteiger partial charge in [0.05, 0.1) is 12.3 Å². The second-order valence-corrected chi connectivity index (χ2v) is 2.77. The lowest BCUT2D eigenvalue weighted by molar-refractivity contribution is 0.152. The van der Waals surface area contributed by atoms with Crippen molar-refractivity contribution < 1.29 is 9.53 Å². The Hall–Kier alpha value is -1.91. The zero-order chi connectivity index (χ0) is 11.1. The van der Waals surface area contributed by atoms with E-state index in [1.165, 1.54) is 0 Å². The summed E-state index contributed by atoms with van der Waals surface area (Å²) in [5, 5.41) is 3.88. The molecule has 0 aliphatic carbocycles.